The number of fused-ring (bicyclic) bond motifs is 1. The predicted molar refractivity (Wildman–Crippen MR) is 181 cm³/mol. The average Bonchev–Trinajstić information content (AvgIpc) is 3.08. The highest BCUT2D eigenvalue weighted by molar-refractivity contribution is 5.90. The molecule has 6 N–H and O–H groups in total. The van der Waals surface area contributed by atoms with Crippen molar-refractivity contribution in [3.8, 4) is 0 Å². The second-order valence-corrected chi connectivity index (χ2v) is 11.1. The van der Waals surface area contributed by atoms with E-state index in [1.54, 1.807) is 0 Å². The lowest BCUT2D eigenvalue weighted by atomic mass is 9.89. The molecule has 0 spiro atoms. The number of carboxylic acid groups (broad SMARTS) is 1. The molecule has 0 bridgehead atoms. The van der Waals surface area contributed by atoms with Gasteiger partial charge in [0, 0.05) is 32.2 Å². The summed E-state index contributed by atoms with van der Waals surface area (Å²) in [6.45, 7) is 6.43. The van der Waals surface area contributed by atoms with Gasteiger partial charge in [0.05, 0.1) is 6.04 Å². The second kappa shape index (κ2) is 20.5. The molecule has 0 aliphatic carbocycles. The van der Waals surface area contributed by atoms with Crippen molar-refractivity contribution < 1.29 is 38.6 Å². The molecule has 0 heterocycles. The van der Waals surface area contributed by atoms with Gasteiger partial charge >= 0.3 is 12.1 Å². The van der Waals surface area contributed by atoms with Gasteiger partial charge in [-0.2, -0.15) is 0 Å². The molecule has 3 atom stereocenters. The van der Waals surface area contributed by atoms with E-state index in [1.165, 1.54) is 0 Å². The summed E-state index contributed by atoms with van der Waals surface area (Å²) in [4.78, 5) is 55.0. The first-order valence-corrected chi connectivity index (χ1v) is 16.2. The van der Waals surface area contributed by atoms with Crippen molar-refractivity contribution in [1.29, 1.82) is 0 Å². The molecule has 3 aromatic rings. The highest BCUT2D eigenvalue weighted by Gasteiger charge is 2.33. The fourth-order valence-electron chi connectivity index (χ4n) is 5.26. The molecule has 0 radical (unpaired) electrons. The van der Waals surface area contributed by atoms with E-state index in [0.29, 0.717) is 26.1 Å². The number of urea groups is 1. The third-order valence-electron chi connectivity index (χ3n) is 7.58. The summed E-state index contributed by atoms with van der Waals surface area (Å²) in [5.41, 5.74) is 3.93. The number of unbranched alkanes of at least 4 members (excludes halogenated alkanes) is 1. The van der Waals surface area contributed by atoms with Crippen LogP contribution in [0.3, 0.4) is 0 Å². The van der Waals surface area contributed by atoms with Gasteiger partial charge in [0.15, 0.2) is 12.9 Å². The molecule has 0 aromatic heterocycles. The molecule has 5 amide bonds. The summed E-state index contributed by atoms with van der Waals surface area (Å²) in [5, 5.41) is 21.6. The highest BCUT2D eigenvalue weighted by Crippen LogP contribution is 2.32. The fraction of sp³-hybridized carbons (Fsp3) is 0.429. The topological polar surface area (TPSA) is 176 Å². The minimum absolute atomic E-state index is 0.197. The average molecular weight is 666 g/mol. The van der Waals surface area contributed by atoms with Gasteiger partial charge in [-0.15, -0.1) is 0 Å². The zero-order valence-electron chi connectivity index (χ0n) is 27.7. The van der Waals surface area contributed by atoms with Crippen LogP contribution in [-0.2, 0) is 30.4 Å². The SMILES string of the molecule is CCOC(OCC)[C@@H](C)C(NC(=O)[C@H](CCCCNC(=O)O)NC(=O)CONC(=O)NCc1ccccc1)c1cccc2ccccc12. The Morgan fingerprint density at radius 2 is 1.50 bits per heavy atom. The lowest BCUT2D eigenvalue weighted by Gasteiger charge is -2.33. The lowest BCUT2D eigenvalue weighted by molar-refractivity contribution is -0.170. The molecule has 0 aliphatic rings. The Labute approximate surface area is 281 Å². The highest BCUT2D eigenvalue weighted by atomic mass is 16.7. The predicted octanol–water partition coefficient (Wildman–Crippen LogP) is 4.39. The van der Waals surface area contributed by atoms with Gasteiger partial charge in [0.25, 0.3) is 0 Å². The number of nitrogens with one attached hydrogen (secondary N) is 5. The minimum atomic E-state index is -1.14. The van der Waals surface area contributed by atoms with E-state index >= 15 is 0 Å². The first-order chi connectivity index (χ1) is 23.2. The van der Waals surface area contributed by atoms with Crippen LogP contribution in [0.4, 0.5) is 9.59 Å². The van der Waals surface area contributed by atoms with Gasteiger partial charge in [0.2, 0.25) is 11.8 Å². The molecular weight excluding hydrogens is 618 g/mol. The monoisotopic (exact) mass is 665 g/mol. The molecular formula is C35H47N5O8. The molecule has 0 saturated carbocycles. The number of carbonyl (C=O) groups is 4. The Hall–Kier alpha value is -4.72. The second-order valence-electron chi connectivity index (χ2n) is 11.1. The number of hydroxylamine groups is 1. The third kappa shape index (κ3) is 12.5. The van der Waals surface area contributed by atoms with Crippen LogP contribution in [0.1, 0.15) is 57.2 Å². The van der Waals surface area contributed by atoms with Crippen LogP contribution in [0.25, 0.3) is 10.8 Å². The molecule has 0 fully saturated rings. The Morgan fingerprint density at radius 3 is 2.21 bits per heavy atom. The number of benzene rings is 3. The van der Waals surface area contributed by atoms with Crippen LogP contribution >= 0.6 is 0 Å². The van der Waals surface area contributed by atoms with Crippen molar-refractivity contribution in [2.45, 2.75) is 65.0 Å². The van der Waals surface area contributed by atoms with Gasteiger partial charge in [-0.1, -0.05) is 79.7 Å². The molecule has 48 heavy (non-hydrogen) atoms. The molecule has 3 aromatic carbocycles. The first kappa shape index (κ1) is 37.7. The Kier molecular flexibility index (Phi) is 16.1. The Balaban J connectivity index is 1.74. The zero-order valence-corrected chi connectivity index (χ0v) is 27.7. The van der Waals surface area contributed by atoms with Crippen LogP contribution in [0.2, 0.25) is 0 Å². The maximum atomic E-state index is 14.0. The summed E-state index contributed by atoms with van der Waals surface area (Å²) >= 11 is 0. The van der Waals surface area contributed by atoms with E-state index < -0.39 is 48.9 Å². The van der Waals surface area contributed by atoms with Gasteiger partial charge in [-0.25, -0.2) is 15.1 Å². The van der Waals surface area contributed by atoms with E-state index in [2.05, 4.69) is 26.7 Å². The van der Waals surface area contributed by atoms with Crippen molar-refractivity contribution in [3.05, 3.63) is 83.9 Å². The molecule has 13 heteroatoms. The number of carbonyl (C=O) groups excluding carboxylic acids is 3. The van der Waals surface area contributed by atoms with Crippen LogP contribution in [0.15, 0.2) is 72.8 Å². The fourth-order valence-corrected chi connectivity index (χ4v) is 5.26. The van der Waals surface area contributed by atoms with Gasteiger partial charge < -0.3 is 35.8 Å². The minimum Gasteiger partial charge on any atom is -0.465 e. The third-order valence-corrected chi connectivity index (χ3v) is 7.58. The Morgan fingerprint density at radius 1 is 0.812 bits per heavy atom. The molecule has 0 aliphatic heterocycles. The largest absolute Gasteiger partial charge is 0.465 e. The van der Waals surface area contributed by atoms with Crippen LogP contribution in [0.5, 0.6) is 0 Å². The summed E-state index contributed by atoms with van der Waals surface area (Å²) in [5.74, 6) is -1.41. The first-order valence-electron chi connectivity index (χ1n) is 16.2. The van der Waals surface area contributed by atoms with Crippen molar-refractivity contribution >= 4 is 34.7 Å². The van der Waals surface area contributed by atoms with E-state index in [1.807, 2.05) is 93.6 Å². The molecule has 260 valence electrons. The van der Waals surface area contributed by atoms with E-state index in [4.69, 9.17) is 19.4 Å². The van der Waals surface area contributed by atoms with Gasteiger partial charge in [-0.3, -0.25) is 14.4 Å². The van der Waals surface area contributed by atoms with Crippen LogP contribution in [0, 0.1) is 5.92 Å². The normalized spacial score (nSPS) is 12.9. The summed E-state index contributed by atoms with van der Waals surface area (Å²) in [6, 6.07) is 20.8. The number of hydrogen-bond donors (Lipinski definition) is 6. The lowest BCUT2D eigenvalue weighted by Crippen LogP contribution is -2.51. The van der Waals surface area contributed by atoms with Gasteiger partial charge in [0.1, 0.15) is 6.04 Å². The molecule has 1 unspecified atom stereocenters. The van der Waals surface area contributed by atoms with Gasteiger partial charge in [-0.05, 0) is 55.0 Å². The molecule has 0 saturated heterocycles. The van der Waals surface area contributed by atoms with Crippen molar-refractivity contribution in [3.63, 3.8) is 0 Å². The molecule has 3 rings (SSSR count). The van der Waals surface area contributed by atoms with E-state index in [9.17, 15) is 19.2 Å². The van der Waals surface area contributed by atoms with Crippen LogP contribution in [-0.4, -0.2) is 67.7 Å². The number of ether oxygens (including phenoxy) is 2. The van der Waals surface area contributed by atoms with E-state index in [-0.39, 0.29) is 25.4 Å². The zero-order chi connectivity index (χ0) is 34.7. The van der Waals surface area contributed by atoms with Crippen LogP contribution < -0.4 is 26.7 Å². The number of hydrogen-bond acceptors (Lipinski definition) is 7. The van der Waals surface area contributed by atoms with Crippen molar-refractivity contribution in [1.82, 2.24) is 26.7 Å². The van der Waals surface area contributed by atoms with Crippen molar-refractivity contribution in [2.24, 2.45) is 5.92 Å². The summed E-state index contributed by atoms with van der Waals surface area (Å²) < 4.78 is 11.9. The number of amides is 5. The quantitative estimate of drug-likeness (QED) is 0.0585. The maximum Gasteiger partial charge on any atom is 0.404 e. The maximum absolute atomic E-state index is 14.0. The standard InChI is InChI=1S/C35H47N5O8/c1-4-46-33(47-5-2)24(3)31(28-19-13-17-26-16-9-10-18-27(26)28)39-32(42)29(20-11-12-21-36-35(44)45)38-30(41)23-48-40-34(43)37-22-25-14-7-6-8-15-25/h6-10,13-19,24,29,31,33,36H,4-5,11-12,20-23H2,1-3H3,(H,38,41)(H,39,42)(H,44,45)(H2,37,40,43)/t24-,29-,31?/m0/s1. The number of rotatable bonds is 20. The Bertz CT molecular complexity index is 1450. The summed E-state index contributed by atoms with van der Waals surface area (Å²) in [6.07, 6.45) is -0.645. The van der Waals surface area contributed by atoms with Crippen molar-refractivity contribution in [2.75, 3.05) is 26.4 Å². The van der Waals surface area contributed by atoms with E-state index in [0.717, 1.165) is 21.9 Å². The smallest absolute Gasteiger partial charge is 0.404 e. The summed E-state index contributed by atoms with van der Waals surface area (Å²) in [7, 11) is 0. The molecule has 13 nitrogen and oxygen atoms in total.